The van der Waals surface area contributed by atoms with Crippen LogP contribution in [0.15, 0.2) is 24.3 Å². The number of benzene rings is 1. The van der Waals surface area contributed by atoms with E-state index in [1.54, 1.807) is 7.11 Å². The van der Waals surface area contributed by atoms with Crippen LogP contribution in [-0.4, -0.2) is 19.6 Å². The first-order valence-corrected chi connectivity index (χ1v) is 5.73. The Bertz CT molecular complexity index is 406. The van der Waals surface area contributed by atoms with Gasteiger partial charge in [0.2, 0.25) is 5.91 Å². The standard InChI is InChI=1S/C13H15NO2/c1-16-12-4-2-11(3-5-12)14-8-9-6-10(7-9)13(14)15/h2-5,9-10H,6-8H2,1H3. The van der Waals surface area contributed by atoms with Gasteiger partial charge < -0.3 is 9.64 Å². The van der Waals surface area contributed by atoms with Crippen LogP contribution in [0.1, 0.15) is 12.8 Å². The molecule has 2 saturated heterocycles. The molecule has 16 heavy (non-hydrogen) atoms. The lowest BCUT2D eigenvalue weighted by Crippen LogP contribution is -2.53. The van der Waals surface area contributed by atoms with Crippen LogP contribution in [0.5, 0.6) is 5.75 Å². The average molecular weight is 217 g/mol. The summed E-state index contributed by atoms with van der Waals surface area (Å²) in [5, 5.41) is 0. The summed E-state index contributed by atoms with van der Waals surface area (Å²) in [7, 11) is 1.65. The van der Waals surface area contributed by atoms with Gasteiger partial charge in [0, 0.05) is 18.2 Å². The smallest absolute Gasteiger partial charge is 0.230 e. The molecule has 1 aliphatic carbocycles. The van der Waals surface area contributed by atoms with Gasteiger partial charge in [0.05, 0.1) is 7.11 Å². The number of piperidine rings is 2. The summed E-state index contributed by atoms with van der Waals surface area (Å²) in [5.41, 5.74) is 1.00. The fourth-order valence-electron chi connectivity index (χ4n) is 2.65. The molecule has 0 radical (unpaired) electrons. The van der Waals surface area contributed by atoms with Gasteiger partial charge in [-0.1, -0.05) is 0 Å². The molecule has 2 heterocycles. The van der Waals surface area contributed by atoms with Crippen LogP contribution in [-0.2, 0) is 4.79 Å². The Kier molecular flexibility index (Phi) is 2.13. The number of carbonyl (C=O) groups is 1. The molecular formula is C13H15NO2. The predicted molar refractivity (Wildman–Crippen MR) is 61.6 cm³/mol. The summed E-state index contributed by atoms with van der Waals surface area (Å²) < 4.78 is 5.11. The molecular weight excluding hydrogens is 202 g/mol. The molecule has 3 nitrogen and oxygen atoms in total. The molecule has 1 aromatic carbocycles. The molecule has 0 N–H and O–H groups in total. The zero-order chi connectivity index (χ0) is 11.1. The number of methoxy groups -OCH3 is 1. The Hall–Kier alpha value is -1.51. The Morgan fingerprint density at radius 2 is 1.94 bits per heavy atom. The summed E-state index contributed by atoms with van der Waals surface area (Å²) in [4.78, 5) is 13.9. The molecule has 2 aliphatic heterocycles. The number of ether oxygens (including phenoxy) is 1. The Morgan fingerprint density at radius 1 is 1.25 bits per heavy atom. The lowest BCUT2D eigenvalue weighted by molar-refractivity contribution is -0.129. The minimum atomic E-state index is 0.292. The van der Waals surface area contributed by atoms with Crippen LogP contribution in [0.2, 0.25) is 0 Å². The maximum atomic E-state index is 12.0. The van der Waals surface area contributed by atoms with Crippen molar-refractivity contribution in [2.75, 3.05) is 18.6 Å². The molecule has 1 aromatic rings. The molecule has 84 valence electrons. The normalized spacial score (nSPS) is 27.6. The fourth-order valence-corrected chi connectivity index (χ4v) is 2.65. The van der Waals surface area contributed by atoms with Crippen molar-refractivity contribution >= 4 is 11.6 Å². The van der Waals surface area contributed by atoms with E-state index in [9.17, 15) is 4.79 Å². The second-order valence-electron chi connectivity index (χ2n) is 4.68. The predicted octanol–water partition coefficient (Wildman–Crippen LogP) is 2.07. The lowest BCUT2D eigenvalue weighted by atomic mass is 9.70. The molecule has 0 spiro atoms. The average Bonchev–Trinajstić information content (AvgIpc) is 2.28. The third-order valence-corrected chi connectivity index (χ3v) is 3.68. The molecule has 3 heteroatoms. The van der Waals surface area contributed by atoms with Gasteiger partial charge >= 0.3 is 0 Å². The first-order chi connectivity index (χ1) is 7.78. The minimum absolute atomic E-state index is 0.292. The Balaban J connectivity index is 1.83. The van der Waals surface area contributed by atoms with Gasteiger partial charge in [-0.3, -0.25) is 4.79 Å². The van der Waals surface area contributed by atoms with Gasteiger partial charge in [0.15, 0.2) is 0 Å². The summed E-state index contributed by atoms with van der Waals surface area (Å²) in [6, 6.07) is 7.73. The van der Waals surface area contributed by atoms with E-state index in [4.69, 9.17) is 4.74 Å². The van der Waals surface area contributed by atoms with Crippen LogP contribution in [0.4, 0.5) is 5.69 Å². The first-order valence-electron chi connectivity index (χ1n) is 5.73. The highest BCUT2D eigenvalue weighted by molar-refractivity contribution is 5.97. The van der Waals surface area contributed by atoms with E-state index in [0.29, 0.717) is 11.8 Å². The van der Waals surface area contributed by atoms with Gasteiger partial charge in [0.25, 0.3) is 0 Å². The van der Waals surface area contributed by atoms with Gasteiger partial charge in [-0.05, 0) is 43.0 Å². The fraction of sp³-hybridized carbons (Fsp3) is 0.462. The van der Waals surface area contributed by atoms with E-state index in [1.165, 1.54) is 0 Å². The van der Waals surface area contributed by atoms with Crippen molar-refractivity contribution < 1.29 is 9.53 Å². The summed E-state index contributed by atoms with van der Waals surface area (Å²) in [6.45, 7) is 0.891. The lowest BCUT2D eigenvalue weighted by Gasteiger charge is -2.46. The molecule has 0 aromatic heterocycles. The number of fused-ring (bicyclic) bond motifs is 2. The number of hydrogen-bond acceptors (Lipinski definition) is 2. The highest BCUT2D eigenvalue weighted by Crippen LogP contribution is 2.42. The van der Waals surface area contributed by atoms with E-state index in [0.717, 1.165) is 36.7 Å². The second kappa shape index (κ2) is 3.51. The molecule has 3 aliphatic rings. The van der Waals surface area contributed by atoms with Gasteiger partial charge in [-0.2, -0.15) is 0 Å². The van der Waals surface area contributed by atoms with E-state index in [1.807, 2.05) is 29.2 Å². The first kappa shape index (κ1) is 9.70. The van der Waals surface area contributed by atoms with Crippen molar-refractivity contribution in [1.29, 1.82) is 0 Å². The Morgan fingerprint density at radius 3 is 2.50 bits per heavy atom. The third-order valence-electron chi connectivity index (χ3n) is 3.68. The van der Waals surface area contributed by atoms with Gasteiger partial charge in [0.1, 0.15) is 5.75 Å². The van der Waals surface area contributed by atoms with Crippen molar-refractivity contribution in [3.8, 4) is 5.75 Å². The number of carbonyl (C=O) groups excluding carboxylic acids is 1. The molecule has 0 atom stereocenters. The molecule has 2 bridgehead atoms. The molecule has 4 rings (SSSR count). The van der Waals surface area contributed by atoms with Crippen molar-refractivity contribution in [3.05, 3.63) is 24.3 Å². The maximum absolute atomic E-state index is 12.0. The number of nitrogens with zero attached hydrogens (tertiary/aromatic N) is 1. The van der Waals surface area contributed by atoms with Crippen LogP contribution >= 0.6 is 0 Å². The maximum Gasteiger partial charge on any atom is 0.230 e. The molecule has 0 unspecified atom stereocenters. The third kappa shape index (κ3) is 1.39. The van der Waals surface area contributed by atoms with E-state index < -0.39 is 0 Å². The zero-order valence-corrected chi connectivity index (χ0v) is 9.35. The molecule has 1 amide bonds. The van der Waals surface area contributed by atoms with Crippen molar-refractivity contribution in [3.63, 3.8) is 0 Å². The highest BCUT2D eigenvalue weighted by Gasteiger charge is 2.43. The topological polar surface area (TPSA) is 29.5 Å². The van der Waals surface area contributed by atoms with Crippen LogP contribution < -0.4 is 9.64 Å². The van der Waals surface area contributed by atoms with Gasteiger partial charge in [-0.25, -0.2) is 0 Å². The number of anilines is 1. The summed E-state index contributed by atoms with van der Waals surface area (Å²) in [5.74, 6) is 2.15. The van der Waals surface area contributed by atoms with Crippen LogP contribution in [0.25, 0.3) is 0 Å². The van der Waals surface area contributed by atoms with Crippen LogP contribution in [0.3, 0.4) is 0 Å². The van der Waals surface area contributed by atoms with Crippen molar-refractivity contribution in [1.82, 2.24) is 0 Å². The number of amides is 1. The quantitative estimate of drug-likeness (QED) is 0.759. The van der Waals surface area contributed by atoms with Crippen molar-refractivity contribution in [2.45, 2.75) is 12.8 Å². The monoisotopic (exact) mass is 217 g/mol. The minimum Gasteiger partial charge on any atom is -0.497 e. The Labute approximate surface area is 95.0 Å². The van der Waals surface area contributed by atoms with Gasteiger partial charge in [-0.15, -0.1) is 0 Å². The van der Waals surface area contributed by atoms with E-state index in [2.05, 4.69) is 0 Å². The SMILES string of the molecule is COc1ccc(N2CC3CC(C3)C2=O)cc1. The van der Waals surface area contributed by atoms with Crippen LogP contribution in [0, 0.1) is 11.8 Å². The zero-order valence-electron chi connectivity index (χ0n) is 9.35. The number of rotatable bonds is 2. The second-order valence-corrected chi connectivity index (χ2v) is 4.68. The van der Waals surface area contributed by atoms with E-state index >= 15 is 0 Å². The summed E-state index contributed by atoms with van der Waals surface area (Å²) in [6.07, 6.45) is 2.21. The van der Waals surface area contributed by atoms with E-state index in [-0.39, 0.29) is 0 Å². The highest BCUT2D eigenvalue weighted by atomic mass is 16.5. The largest absolute Gasteiger partial charge is 0.497 e. The van der Waals surface area contributed by atoms with Crippen molar-refractivity contribution in [2.24, 2.45) is 11.8 Å². The number of hydrogen-bond donors (Lipinski definition) is 0. The molecule has 1 saturated carbocycles. The summed E-state index contributed by atoms with van der Waals surface area (Å²) >= 11 is 0. The molecule has 3 fully saturated rings.